The second kappa shape index (κ2) is 5.66. The number of hydrogen-bond acceptors (Lipinski definition) is 2. The van der Waals surface area contributed by atoms with Gasteiger partial charge in [-0.1, -0.05) is 34.8 Å². The van der Waals surface area contributed by atoms with Crippen LogP contribution in [0.25, 0.3) is 0 Å². The van der Waals surface area contributed by atoms with Crippen LogP contribution in [0.1, 0.15) is 12.5 Å². The predicted octanol–water partition coefficient (Wildman–Crippen LogP) is 4.36. The lowest BCUT2D eigenvalue weighted by molar-refractivity contribution is -0.143. The van der Waals surface area contributed by atoms with Gasteiger partial charge in [0.15, 0.2) is 0 Å². The molecule has 0 aromatic heterocycles. The molecule has 17 heavy (non-hydrogen) atoms. The first-order chi connectivity index (χ1) is 7.77. The molecule has 0 aliphatic rings. The van der Waals surface area contributed by atoms with Gasteiger partial charge in [-0.2, -0.15) is 0 Å². The van der Waals surface area contributed by atoms with Gasteiger partial charge in [0.25, 0.3) is 0 Å². The summed E-state index contributed by atoms with van der Waals surface area (Å²) < 4.78 is 4.61. The van der Waals surface area contributed by atoms with Gasteiger partial charge < -0.3 is 4.74 Å². The van der Waals surface area contributed by atoms with Crippen LogP contribution in [0, 0.1) is 0 Å². The van der Waals surface area contributed by atoms with Crippen LogP contribution in [0.2, 0.25) is 15.1 Å². The number of alkyl halides is 1. The molecular formula is C11H10Cl4O2. The number of carbonyl (C=O) groups is 1. The summed E-state index contributed by atoms with van der Waals surface area (Å²) in [6.07, 6.45) is 0.205. The number of benzene rings is 1. The molecule has 0 amide bonds. The van der Waals surface area contributed by atoms with Crippen LogP contribution in [-0.2, 0) is 16.0 Å². The van der Waals surface area contributed by atoms with Crippen LogP contribution in [-0.4, -0.2) is 18.0 Å². The van der Waals surface area contributed by atoms with Crippen molar-refractivity contribution >= 4 is 52.4 Å². The van der Waals surface area contributed by atoms with Gasteiger partial charge >= 0.3 is 5.97 Å². The molecule has 6 heteroatoms. The maximum Gasteiger partial charge on any atom is 0.326 e. The molecule has 0 saturated heterocycles. The van der Waals surface area contributed by atoms with Crippen LogP contribution < -0.4 is 0 Å². The summed E-state index contributed by atoms with van der Waals surface area (Å²) in [6, 6.07) is 3.11. The predicted molar refractivity (Wildman–Crippen MR) is 71.5 cm³/mol. The SMILES string of the molecule is COC(=O)C(C)(Cl)Cc1cc(Cl)c(Cl)cc1Cl. The first kappa shape index (κ1) is 14.9. The van der Waals surface area contributed by atoms with Crippen LogP contribution >= 0.6 is 46.4 Å². The minimum absolute atomic E-state index is 0.205. The standard InChI is InChI=1S/C11H10Cl4O2/c1-11(15,10(16)17-2)5-6-3-8(13)9(14)4-7(6)12/h3-4H,5H2,1-2H3. The summed E-state index contributed by atoms with van der Waals surface area (Å²) >= 11 is 23.8. The Hall–Kier alpha value is -0.150. The highest BCUT2D eigenvalue weighted by Gasteiger charge is 2.32. The number of hydrogen-bond donors (Lipinski definition) is 0. The molecule has 0 bridgehead atoms. The Morgan fingerprint density at radius 1 is 1.24 bits per heavy atom. The van der Waals surface area contributed by atoms with Gasteiger partial charge in [0.05, 0.1) is 17.2 Å². The molecule has 0 radical (unpaired) electrons. The summed E-state index contributed by atoms with van der Waals surface area (Å²) in [6.45, 7) is 1.55. The summed E-state index contributed by atoms with van der Waals surface area (Å²) in [5, 5.41) is 1.13. The highest BCUT2D eigenvalue weighted by molar-refractivity contribution is 6.43. The maximum atomic E-state index is 11.4. The van der Waals surface area contributed by atoms with Gasteiger partial charge in [-0.15, -0.1) is 11.6 Å². The molecule has 1 aromatic carbocycles. The van der Waals surface area contributed by atoms with E-state index in [4.69, 9.17) is 46.4 Å². The molecule has 0 spiro atoms. The Kier molecular flexibility index (Phi) is 4.96. The Balaban J connectivity index is 3.03. The summed E-state index contributed by atoms with van der Waals surface area (Å²) in [7, 11) is 1.28. The molecule has 2 nitrogen and oxygen atoms in total. The van der Waals surface area contributed by atoms with Crippen molar-refractivity contribution in [3.8, 4) is 0 Å². The first-order valence-electron chi connectivity index (χ1n) is 4.68. The van der Waals surface area contributed by atoms with E-state index in [0.717, 1.165) is 0 Å². The lowest BCUT2D eigenvalue weighted by atomic mass is 10.0. The van der Waals surface area contributed by atoms with Crippen LogP contribution in [0.5, 0.6) is 0 Å². The monoisotopic (exact) mass is 314 g/mol. The first-order valence-corrected chi connectivity index (χ1v) is 6.20. The van der Waals surface area contributed by atoms with E-state index in [0.29, 0.717) is 20.6 Å². The lowest BCUT2D eigenvalue weighted by Gasteiger charge is -2.19. The van der Waals surface area contributed by atoms with Crippen LogP contribution in [0.3, 0.4) is 0 Å². The average molecular weight is 316 g/mol. The highest BCUT2D eigenvalue weighted by Crippen LogP contribution is 2.32. The average Bonchev–Trinajstić information content (AvgIpc) is 2.24. The number of ether oxygens (including phenoxy) is 1. The van der Waals surface area contributed by atoms with Crippen LogP contribution in [0.4, 0.5) is 0 Å². The Labute approximate surface area is 120 Å². The van der Waals surface area contributed by atoms with Crippen LogP contribution in [0.15, 0.2) is 12.1 Å². The Morgan fingerprint density at radius 3 is 2.29 bits per heavy atom. The minimum Gasteiger partial charge on any atom is -0.468 e. The number of esters is 1. The molecule has 1 aromatic rings. The van der Waals surface area contributed by atoms with E-state index in [2.05, 4.69) is 4.74 Å². The molecular weight excluding hydrogens is 306 g/mol. The van der Waals surface area contributed by atoms with Crippen molar-refractivity contribution in [2.24, 2.45) is 0 Å². The van der Waals surface area contributed by atoms with E-state index < -0.39 is 10.8 Å². The quantitative estimate of drug-likeness (QED) is 0.470. The zero-order chi connectivity index (χ0) is 13.2. The highest BCUT2D eigenvalue weighted by atomic mass is 35.5. The van der Waals surface area contributed by atoms with Gasteiger partial charge in [-0.05, 0) is 24.6 Å². The summed E-state index contributed by atoms with van der Waals surface area (Å²) in [5.41, 5.74) is 0.643. The van der Waals surface area contributed by atoms with Crippen molar-refractivity contribution in [2.45, 2.75) is 18.2 Å². The van der Waals surface area contributed by atoms with Crippen molar-refractivity contribution in [2.75, 3.05) is 7.11 Å². The summed E-state index contributed by atoms with van der Waals surface area (Å²) in [4.78, 5) is 10.3. The molecule has 0 saturated carbocycles. The number of halogens is 4. The van der Waals surface area contributed by atoms with Gasteiger partial charge in [-0.3, -0.25) is 4.79 Å². The third-order valence-corrected chi connectivity index (χ3v) is 3.58. The maximum absolute atomic E-state index is 11.4. The molecule has 0 heterocycles. The smallest absolute Gasteiger partial charge is 0.326 e. The van der Waals surface area contributed by atoms with Crippen molar-refractivity contribution in [3.05, 3.63) is 32.8 Å². The van der Waals surface area contributed by atoms with Gasteiger partial charge in [-0.25, -0.2) is 0 Å². The molecule has 0 aliphatic heterocycles. The Bertz CT molecular complexity index is 443. The molecule has 0 fully saturated rings. The number of carbonyl (C=O) groups excluding carboxylic acids is 1. The van der Waals surface area contributed by atoms with E-state index >= 15 is 0 Å². The van der Waals surface area contributed by atoms with Crippen molar-refractivity contribution in [1.29, 1.82) is 0 Å². The Morgan fingerprint density at radius 2 is 1.76 bits per heavy atom. The van der Waals surface area contributed by atoms with Gasteiger partial charge in [0.1, 0.15) is 4.87 Å². The largest absolute Gasteiger partial charge is 0.468 e. The number of rotatable bonds is 3. The zero-order valence-electron chi connectivity index (χ0n) is 9.19. The van der Waals surface area contributed by atoms with Gasteiger partial charge in [0.2, 0.25) is 0 Å². The normalized spacial score (nSPS) is 14.2. The van der Waals surface area contributed by atoms with Crippen molar-refractivity contribution in [1.82, 2.24) is 0 Å². The third kappa shape index (κ3) is 3.65. The lowest BCUT2D eigenvalue weighted by Crippen LogP contribution is -2.32. The van der Waals surface area contributed by atoms with E-state index in [-0.39, 0.29) is 6.42 Å². The van der Waals surface area contributed by atoms with Crippen molar-refractivity contribution < 1.29 is 9.53 Å². The topological polar surface area (TPSA) is 26.3 Å². The zero-order valence-corrected chi connectivity index (χ0v) is 12.2. The molecule has 1 unspecified atom stereocenters. The molecule has 1 atom stereocenters. The second-order valence-electron chi connectivity index (χ2n) is 3.72. The van der Waals surface area contributed by atoms with E-state index in [1.165, 1.54) is 13.2 Å². The third-order valence-electron chi connectivity index (χ3n) is 2.22. The van der Waals surface area contributed by atoms with Gasteiger partial charge in [0, 0.05) is 11.4 Å². The van der Waals surface area contributed by atoms with Crippen molar-refractivity contribution in [3.63, 3.8) is 0 Å². The molecule has 0 aliphatic carbocycles. The fourth-order valence-electron chi connectivity index (χ4n) is 1.34. The van der Waals surface area contributed by atoms with E-state index in [9.17, 15) is 4.79 Å². The fraction of sp³-hybridized carbons (Fsp3) is 0.364. The van der Waals surface area contributed by atoms with E-state index in [1.807, 2.05) is 0 Å². The minimum atomic E-state index is -1.18. The van der Waals surface area contributed by atoms with E-state index in [1.54, 1.807) is 13.0 Å². The molecule has 0 N–H and O–H groups in total. The molecule has 1 rings (SSSR count). The number of methoxy groups -OCH3 is 1. The second-order valence-corrected chi connectivity index (χ2v) is 5.78. The summed E-state index contributed by atoms with van der Waals surface area (Å²) in [5.74, 6) is -0.527. The fourth-order valence-corrected chi connectivity index (χ4v) is 2.20. The molecule has 94 valence electrons.